The summed E-state index contributed by atoms with van der Waals surface area (Å²) in [5.74, 6) is 1.86. The van der Waals surface area contributed by atoms with Gasteiger partial charge in [-0.25, -0.2) is 9.82 Å². The Kier molecular flexibility index (Phi) is 9.33. The highest BCUT2D eigenvalue weighted by molar-refractivity contribution is 6.32. The fraction of sp³-hybridized carbons (Fsp3) is 0.227. The predicted molar refractivity (Wildman–Crippen MR) is 117 cm³/mol. The van der Waals surface area contributed by atoms with Crippen molar-refractivity contribution in [2.45, 2.75) is 19.8 Å². The van der Waals surface area contributed by atoms with Crippen molar-refractivity contribution < 1.29 is 23.5 Å². The number of hydrogen-bond donors (Lipinski definition) is 2. The van der Waals surface area contributed by atoms with E-state index in [0.29, 0.717) is 29.4 Å². The third-order valence-corrected chi connectivity index (χ3v) is 4.02. The maximum absolute atomic E-state index is 12.9. The SMILES string of the molecule is C#CCOc1c(Cl)cc(C=NNC(=O)CCC(=O)Nc2ccc(F)cc2)cc1OCC. The number of nitrogens with one attached hydrogen (secondary N) is 2. The minimum Gasteiger partial charge on any atom is -0.490 e. The first-order valence-corrected chi connectivity index (χ1v) is 9.70. The van der Waals surface area contributed by atoms with Gasteiger partial charge in [0.1, 0.15) is 12.4 Å². The average molecular weight is 446 g/mol. The third-order valence-electron chi connectivity index (χ3n) is 3.74. The van der Waals surface area contributed by atoms with Crippen molar-refractivity contribution >= 4 is 35.3 Å². The lowest BCUT2D eigenvalue weighted by Gasteiger charge is -2.12. The van der Waals surface area contributed by atoms with Crippen LogP contribution in [0.1, 0.15) is 25.3 Å². The molecule has 2 N–H and O–H groups in total. The first-order chi connectivity index (χ1) is 14.9. The van der Waals surface area contributed by atoms with Crippen LogP contribution in [0, 0.1) is 18.2 Å². The minimum absolute atomic E-state index is 0.0397. The van der Waals surface area contributed by atoms with Crippen molar-refractivity contribution in [1.82, 2.24) is 5.43 Å². The Morgan fingerprint density at radius 3 is 2.58 bits per heavy atom. The fourth-order valence-electron chi connectivity index (χ4n) is 2.40. The Morgan fingerprint density at radius 1 is 1.19 bits per heavy atom. The molecule has 0 bridgehead atoms. The van der Waals surface area contributed by atoms with Crippen LogP contribution < -0.4 is 20.2 Å². The molecule has 0 saturated carbocycles. The van der Waals surface area contributed by atoms with Crippen molar-refractivity contribution in [2.24, 2.45) is 5.10 Å². The Balaban J connectivity index is 1.88. The number of nitrogens with zero attached hydrogens (tertiary/aromatic N) is 1. The van der Waals surface area contributed by atoms with Crippen LogP contribution in [0.4, 0.5) is 10.1 Å². The van der Waals surface area contributed by atoms with E-state index in [4.69, 9.17) is 27.5 Å². The summed E-state index contributed by atoms with van der Waals surface area (Å²) >= 11 is 6.22. The van der Waals surface area contributed by atoms with Gasteiger partial charge in [-0.15, -0.1) is 6.42 Å². The molecule has 0 spiro atoms. The fourth-order valence-corrected chi connectivity index (χ4v) is 2.67. The van der Waals surface area contributed by atoms with Crippen LogP contribution in [0.5, 0.6) is 11.5 Å². The smallest absolute Gasteiger partial charge is 0.240 e. The lowest BCUT2D eigenvalue weighted by atomic mass is 10.2. The summed E-state index contributed by atoms with van der Waals surface area (Å²) in [7, 11) is 0. The lowest BCUT2D eigenvalue weighted by molar-refractivity contribution is -0.124. The van der Waals surface area contributed by atoms with Gasteiger partial charge in [-0.05, 0) is 48.9 Å². The number of carbonyl (C=O) groups excluding carboxylic acids is 2. The predicted octanol–water partition coefficient (Wildman–Crippen LogP) is 3.76. The van der Waals surface area contributed by atoms with E-state index in [9.17, 15) is 14.0 Å². The second kappa shape index (κ2) is 12.2. The summed E-state index contributed by atoms with van der Waals surface area (Å²) in [5, 5.41) is 6.72. The molecule has 0 aliphatic carbocycles. The molecule has 0 saturated heterocycles. The van der Waals surface area contributed by atoms with Gasteiger partial charge in [0.2, 0.25) is 11.8 Å². The molecule has 7 nitrogen and oxygen atoms in total. The van der Waals surface area contributed by atoms with Crippen LogP contribution in [0.2, 0.25) is 5.02 Å². The molecule has 0 aromatic heterocycles. The van der Waals surface area contributed by atoms with E-state index in [1.54, 1.807) is 12.1 Å². The highest BCUT2D eigenvalue weighted by Crippen LogP contribution is 2.36. The molecule has 31 heavy (non-hydrogen) atoms. The molecular weight excluding hydrogens is 425 g/mol. The largest absolute Gasteiger partial charge is 0.490 e. The van der Waals surface area contributed by atoms with E-state index in [-0.39, 0.29) is 30.4 Å². The molecular formula is C22H21ClFN3O4. The van der Waals surface area contributed by atoms with Crippen molar-refractivity contribution in [3.8, 4) is 23.8 Å². The zero-order chi connectivity index (χ0) is 22.6. The van der Waals surface area contributed by atoms with Crippen LogP contribution in [-0.4, -0.2) is 31.2 Å². The van der Waals surface area contributed by atoms with Gasteiger partial charge >= 0.3 is 0 Å². The molecule has 2 aromatic carbocycles. The van der Waals surface area contributed by atoms with Crippen LogP contribution in [0.25, 0.3) is 0 Å². The van der Waals surface area contributed by atoms with E-state index in [1.165, 1.54) is 30.5 Å². The number of terminal acetylenes is 1. The Labute approximate surface area is 184 Å². The summed E-state index contributed by atoms with van der Waals surface area (Å²) in [4.78, 5) is 23.8. The number of anilines is 1. The number of rotatable bonds is 10. The van der Waals surface area contributed by atoms with Gasteiger partial charge in [-0.3, -0.25) is 9.59 Å². The van der Waals surface area contributed by atoms with E-state index < -0.39 is 11.7 Å². The maximum atomic E-state index is 12.9. The van der Waals surface area contributed by atoms with Gasteiger partial charge in [-0.1, -0.05) is 17.5 Å². The van der Waals surface area contributed by atoms with Crippen LogP contribution >= 0.6 is 11.6 Å². The molecule has 0 heterocycles. The lowest BCUT2D eigenvalue weighted by Crippen LogP contribution is -2.20. The Bertz CT molecular complexity index is 987. The molecule has 2 rings (SSSR count). The van der Waals surface area contributed by atoms with E-state index in [0.717, 1.165) is 0 Å². The van der Waals surface area contributed by atoms with E-state index >= 15 is 0 Å². The monoisotopic (exact) mass is 445 g/mol. The summed E-state index contributed by atoms with van der Waals surface area (Å²) in [6.07, 6.45) is 6.46. The quantitative estimate of drug-likeness (QED) is 0.331. The average Bonchev–Trinajstić information content (AvgIpc) is 2.74. The minimum atomic E-state index is -0.449. The number of hydrogen-bond acceptors (Lipinski definition) is 5. The van der Waals surface area contributed by atoms with E-state index in [2.05, 4.69) is 21.8 Å². The zero-order valence-corrected chi connectivity index (χ0v) is 17.5. The molecule has 0 aliphatic heterocycles. The van der Waals surface area contributed by atoms with Gasteiger partial charge in [0.15, 0.2) is 11.5 Å². The topological polar surface area (TPSA) is 89.0 Å². The molecule has 0 fully saturated rings. The first-order valence-electron chi connectivity index (χ1n) is 9.32. The van der Waals surface area contributed by atoms with Gasteiger partial charge in [-0.2, -0.15) is 5.10 Å². The third kappa shape index (κ3) is 7.99. The second-order valence-corrected chi connectivity index (χ2v) is 6.51. The van der Waals surface area contributed by atoms with Crippen molar-refractivity contribution in [3.05, 3.63) is 52.8 Å². The maximum Gasteiger partial charge on any atom is 0.240 e. The highest BCUT2D eigenvalue weighted by Gasteiger charge is 2.12. The molecule has 9 heteroatoms. The Hall–Kier alpha value is -3.57. The van der Waals surface area contributed by atoms with Gasteiger partial charge in [0.05, 0.1) is 17.8 Å². The van der Waals surface area contributed by atoms with Crippen LogP contribution in [-0.2, 0) is 9.59 Å². The van der Waals surface area contributed by atoms with Gasteiger partial charge < -0.3 is 14.8 Å². The molecule has 2 amide bonds. The number of hydrazone groups is 1. The number of ether oxygens (including phenoxy) is 2. The summed E-state index contributed by atoms with van der Waals surface area (Å²) in [6.45, 7) is 2.24. The molecule has 162 valence electrons. The number of amides is 2. The number of carbonyl (C=O) groups is 2. The van der Waals surface area contributed by atoms with Crippen LogP contribution in [0.3, 0.4) is 0 Å². The van der Waals surface area contributed by atoms with Crippen molar-refractivity contribution in [2.75, 3.05) is 18.5 Å². The molecule has 0 unspecified atom stereocenters. The molecule has 0 radical (unpaired) electrons. The van der Waals surface area contributed by atoms with E-state index in [1.807, 2.05) is 6.92 Å². The van der Waals surface area contributed by atoms with Crippen molar-refractivity contribution in [3.63, 3.8) is 0 Å². The summed E-state index contributed by atoms with van der Waals surface area (Å²) < 4.78 is 23.8. The van der Waals surface area contributed by atoms with Gasteiger partial charge in [0.25, 0.3) is 0 Å². The zero-order valence-electron chi connectivity index (χ0n) is 16.8. The Morgan fingerprint density at radius 2 is 1.90 bits per heavy atom. The van der Waals surface area contributed by atoms with Crippen LogP contribution in [0.15, 0.2) is 41.5 Å². The van der Waals surface area contributed by atoms with Gasteiger partial charge in [0, 0.05) is 18.5 Å². The molecule has 0 atom stereocenters. The van der Waals surface area contributed by atoms with Crippen molar-refractivity contribution in [1.29, 1.82) is 0 Å². The number of halogens is 2. The molecule has 2 aromatic rings. The highest BCUT2D eigenvalue weighted by atomic mass is 35.5. The molecule has 0 aliphatic rings. The number of benzene rings is 2. The standard InChI is InChI=1S/C22H21ClFN3O4/c1-3-11-31-22-18(23)12-15(13-19(22)30-4-2)14-25-27-21(29)10-9-20(28)26-17-7-5-16(24)6-8-17/h1,5-8,12-14H,4,9-11H2,2H3,(H,26,28)(H,27,29). The second-order valence-electron chi connectivity index (χ2n) is 6.10. The summed E-state index contributed by atoms with van der Waals surface area (Å²) in [6, 6.07) is 8.56. The summed E-state index contributed by atoms with van der Waals surface area (Å²) in [5.41, 5.74) is 3.35. The normalized spacial score (nSPS) is 10.4. The first kappa shape index (κ1) is 23.7.